The van der Waals surface area contributed by atoms with Crippen LogP contribution in [0.25, 0.3) is 10.6 Å². The Morgan fingerprint density at radius 2 is 2.09 bits per heavy atom. The maximum Gasteiger partial charge on any atom is 0.305 e. The summed E-state index contributed by atoms with van der Waals surface area (Å²) in [5.41, 5.74) is 4.21. The van der Waals surface area contributed by atoms with Gasteiger partial charge in [-0.1, -0.05) is 6.07 Å². The predicted molar refractivity (Wildman–Crippen MR) is 83.5 cm³/mol. The lowest BCUT2D eigenvalue weighted by atomic mass is 10.2. The topological polar surface area (TPSA) is 87.3 Å². The van der Waals surface area contributed by atoms with Crippen molar-refractivity contribution in [1.29, 1.82) is 0 Å². The van der Waals surface area contributed by atoms with Crippen molar-refractivity contribution < 1.29 is 19.1 Å². The first-order chi connectivity index (χ1) is 11.1. The molecule has 1 N–H and O–H groups in total. The van der Waals surface area contributed by atoms with Crippen molar-refractivity contribution in [3.63, 3.8) is 0 Å². The van der Waals surface area contributed by atoms with Gasteiger partial charge in [0.25, 0.3) is 0 Å². The minimum Gasteiger partial charge on any atom is -0.550 e. The summed E-state index contributed by atoms with van der Waals surface area (Å²) in [5.74, 6) is -1.35. The molecule has 7 heteroatoms. The first-order valence-corrected chi connectivity index (χ1v) is 7.82. The Bertz CT molecular complexity index is 803. The van der Waals surface area contributed by atoms with Crippen LogP contribution in [0.3, 0.4) is 0 Å². The Hall–Kier alpha value is -2.80. The van der Waals surface area contributed by atoms with E-state index in [4.69, 9.17) is 4.42 Å². The molecule has 0 fully saturated rings. The summed E-state index contributed by atoms with van der Waals surface area (Å²) in [6.07, 6.45) is 1.55. The predicted octanol–water partition coefficient (Wildman–Crippen LogP) is 1.88. The van der Waals surface area contributed by atoms with Gasteiger partial charge < -0.3 is 14.3 Å². The van der Waals surface area contributed by atoms with Crippen LogP contribution in [0, 0.1) is 0 Å². The summed E-state index contributed by atoms with van der Waals surface area (Å²) < 4.78 is 6.68. The van der Waals surface area contributed by atoms with Crippen LogP contribution in [0.1, 0.15) is 22.7 Å². The summed E-state index contributed by atoms with van der Waals surface area (Å²) in [7, 11) is 0. The number of amides is 1. The number of hydrogen-bond acceptors (Lipinski definition) is 5. The lowest BCUT2D eigenvalue weighted by Crippen LogP contribution is -2.26. The van der Waals surface area contributed by atoms with Crippen molar-refractivity contribution >= 4 is 23.2 Å². The number of carboxylic acid groups (broad SMARTS) is 1. The third kappa shape index (κ3) is 3.35. The summed E-state index contributed by atoms with van der Waals surface area (Å²) in [4.78, 5) is 23.9. The summed E-state index contributed by atoms with van der Waals surface area (Å²) in [6.45, 7) is 0. The highest BCUT2D eigenvalue weighted by Crippen LogP contribution is 2.26. The number of thiophene rings is 1. The number of furan rings is 1. The maximum absolute atomic E-state index is 12.2. The van der Waals surface area contributed by atoms with Crippen LogP contribution in [-0.4, -0.2) is 16.6 Å². The first kappa shape index (κ1) is 15.1. The lowest BCUT2D eigenvalue weighted by molar-refractivity contribution is -0.305. The molecule has 0 aliphatic rings. The number of aromatic nitrogens is 1. The second-order valence-corrected chi connectivity index (χ2v) is 5.76. The average molecular weight is 329 g/mol. The van der Waals surface area contributed by atoms with Crippen LogP contribution in [0.4, 0.5) is 0 Å². The Labute approximate surface area is 135 Å². The van der Waals surface area contributed by atoms with Crippen LogP contribution in [0.15, 0.2) is 52.5 Å². The van der Waals surface area contributed by atoms with E-state index in [0.717, 1.165) is 10.6 Å². The molecule has 0 saturated carbocycles. The van der Waals surface area contributed by atoms with E-state index >= 15 is 0 Å². The number of aryl methyl sites for hydroxylation is 1. The highest BCUT2D eigenvalue weighted by Gasteiger charge is 2.15. The number of aliphatic carboxylic acids is 1. The third-order valence-corrected chi connectivity index (χ3v) is 4.17. The van der Waals surface area contributed by atoms with Gasteiger partial charge in [0.05, 0.1) is 16.8 Å². The quantitative estimate of drug-likeness (QED) is 0.748. The number of nitrogens with one attached hydrogen (secondary N) is 1. The van der Waals surface area contributed by atoms with Crippen LogP contribution in [0.2, 0.25) is 0 Å². The fourth-order valence-electron chi connectivity index (χ4n) is 2.22. The molecule has 3 aromatic rings. The van der Waals surface area contributed by atoms with E-state index in [0.29, 0.717) is 5.69 Å². The van der Waals surface area contributed by atoms with Crippen LogP contribution in [-0.2, 0) is 11.2 Å². The summed E-state index contributed by atoms with van der Waals surface area (Å²) in [5, 5.41) is 12.6. The van der Waals surface area contributed by atoms with Crippen molar-refractivity contribution in [2.75, 3.05) is 5.43 Å². The lowest BCUT2D eigenvalue weighted by Gasteiger charge is -2.13. The zero-order valence-corrected chi connectivity index (χ0v) is 12.8. The van der Waals surface area contributed by atoms with E-state index in [1.165, 1.54) is 17.6 Å². The van der Waals surface area contributed by atoms with Gasteiger partial charge in [0.1, 0.15) is 0 Å². The van der Waals surface area contributed by atoms with Gasteiger partial charge in [-0.3, -0.25) is 14.9 Å². The summed E-state index contributed by atoms with van der Waals surface area (Å²) in [6, 6.07) is 10.7. The van der Waals surface area contributed by atoms with Crippen LogP contribution >= 0.6 is 11.3 Å². The molecule has 0 bridgehead atoms. The molecule has 0 radical (unpaired) electrons. The SMILES string of the molecule is O=C([O-])CCc1ccc(-c2cccs2)n1NC(=O)c1ccco1. The van der Waals surface area contributed by atoms with Crippen LogP contribution < -0.4 is 10.5 Å². The number of rotatable bonds is 6. The maximum atomic E-state index is 12.2. The highest BCUT2D eigenvalue weighted by molar-refractivity contribution is 7.13. The Morgan fingerprint density at radius 3 is 2.74 bits per heavy atom. The van der Waals surface area contributed by atoms with Gasteiger partial charge in [0.15, 0.2) is 5.76 Å². The molecule has 0 aromatic carbocycles. The molecule has 0 unspecified atom stereocenters. The minimum atomic E-state index is -1.13. The zero-order chi connectivity index (χ0) is 16.2. The van der Waals surface area contributed by atoms with Gasteiger partial charge in [0, 0.05) is 11.7 Å². The van der Waals surface area contributed by atoms with E-state index in [1.54, 1.807) is 22.9 Å². The zero-order valence-electron chi connectivity index (χ0n) is 12.0. The normalized spacial score (nSPS) is 10.6. The van der Waals surface area contributed by atoms with Gasteiger partial charge in [-0.25, -0.2) is 0 Å². The molecule has 0 atom stereocenters. The number of hydrogen-bond donors (Lipinski definition) is 1. The molecule has 0 saturated heterocycles. The molecule has 6 nitrogen and oxygen atoms in total. The summed E-state index contributed by atoms with van der Waals surface area (Å²) >= 11 is 1.53. The van der Waals surface area contributed by atoms with E-state index in [1.807, 2.05) is 23.6 Å². The van der Waals surface area contributed by atoms with Gasteiger partial charge in [-0.15, -0.1) is 11.3 Å². The van der Waals surface area contributed by atoms with Crippen molar-refractivity contribution in [3.05, 3.63) is 59.5 Å². The molecule has 1 amide bonds. The first-order valence-electron chi connectivity index (χ1n) is 6.94. The number of carbonyl (C=O) groups is 2. The Morgan fingerprint density at radius 1 is 1.22 bits per heavy atom. The highest BCUT2D eigenvalue weighted by atomic mass is 32.1. The molecule has 3 heterocycles. The fraction of sp³-hybridized carbons (Fsp3) is 0.125. The number of nitrogens with zero attached hydrogens (tertiary/aromatic N) is 1. The van der Waals surface area contributed by atoms with E-state index in [9.17, 15) is 14.7 Å². The Balaban J connectivity index is 1.92. The fourth-order valence-corrected chi connectivity index (χ4v) is 2.96. The molecule has 118 valence electrons. The Kier molecular flexibility index (Phi) is 4.29. The molecule has 0 aliphatic heterocycles. The molecule has 3 aromatic heterocycles. The molecular weight excluding hydrogens is 316 g/mol. The van der Waals surface area contributed by atoms with E-state index in [2.05, 4.69) is 5.43 Å². The third-order valence-electron chi connectivity index (χ3n) is 3.28. The van der Waals surface area contributed by atoms with Gasteiger partial charge >= 0.3 is 5.91 Å². The molecule has 0 spiro atoms. The molecule has 3 rings (SSSR count). The second kappa shape index (κ2) is 6.53. The van der Waals surface area contributed by atoms with E-state index < -0.39 is 11.9 Å². The van der Waals surface area contributed by atoms with Gasteiger partial charge in [0.2, 0.25) is 0 Å². The van der Waals surface area contributed by atoms with Gasteiger partial charge in [-0.2, -0.15) is 0 Å². The molecule has 0 aliphatic carbocycles. The monoisotopic (exact) mass is 329 g/mol. The van der Waals surface area contributed by atoms with Gasteiger partial charge in [-0.05, 0) is 48.6 Å². The average Bonchev–Trinajstić information content (AvgIpc) is 3.26. The molecule has 23 heavy (non-hydrogen) atoms. The van der Waals surface area contributed by atoms with E-state index in [-0.39, 0.29) is 18.6 Å². The second-order valence-electron chi connectivity index (χ2n) is 4.81. The van der Waals surface area contributed by atoms with Crippen molar-refractivity contribution in [2.45, 2.75) is 12.8 Å². The smallest absolute Gasteiger partial charge is 0.305 e. The minimum absolute atomic E-state index is 0.121. The van der Waals surface area contributed by atoms with Crippen molar-refractivity contribution in [3.8, 4) is 10.6 Å². The largest absolute Gasteiger partial charge is 0.550 e. The number of carbonyl (C=O) groups excluding carboxylic acids is 2. The van der Waals surface area contributed by atoms with Crippen LogP contribution in [0.5, 0.6) is 0 Å². The molecular formula is C16H13N2O4S-. The standard InChI is InChI=1S/C16H14N2O4S/c19-15(20)8-6-11-5-7-12(14-4-2-10-23-14)18(11)17-16(21)13-3-1-9-22-13/h1-5,7,9-10H,6,8H2,(H,17,21)(H,19,20)/p-1. The van der Waals surface area contributed by atoms with Crippen molar-refractivity contribution in [2.24, 2.45) is 0 Å². The van der Waals surface area contributed by atoms with Crippen molar-refractivity contribution in [1.82, 2.24) is 4.68 Å². The number of carboxylic acids is 1.